The number of carboxylic acid groups (broad SMARTS) is 1. The van der Waals surface area contributed by atoms with Crippen LogP contribution in [-0.4, -0.2) is 76.2 Å². The minimum atomic E-state index is -1.25. The second-order valence-corrected chi connectivity index (χ2v) is 10.3. The van der Waals surface area contributed by atoms with Crippen molar-refractivity contribution in [1.29, 1.82) is 0 Å². The van der Waals surface area contributed by atoms with E-state index in [9.17, 15) is 24.3 Å². The van der Waals surface area contributed by atoms with E-state index in [0.717, 1.165) is 16.5 Å². The molecule has 0 saturated carbocycles. The molecule has 220 valence electrons. The van der Waals surface area contributed by atoms with Gasteiger partial charge in [-0.3, -0.25) is 19.4 Å². The SMILES string of the molecule is CC(C)CC(NC(=O)C(N)CCCN=C(N)N)C(=O)NC(Cc1c[nH]c2ccccc12)C(=O)NC(CS)C(=O)O. The number of aromatic nitrogens is 1. The molecule has 3 amide bonds. The van der Waals surface area contributed by atoms with Crippen LogP contribution in [0.25, 0.3) is 10.9 Å². The van der Waals surface area contributed by atoms with E-state index in [1.165, 1.54) is 0 Å². The van der Waals surface area contributed by atoms with Crippen molar-refractivity contribution in [2.45, 2.75) is 63.7 Å². The number of nitrogens with one attached hydrogen (secondary N) is 4. The highest BCUT2D eigenvalue weighted by Crippen LogP contribution is 2.19. The average Bonchev–Trinajstić information content (AvgIpc) is 3.30. The number of H-pyrrole nitrogens is 1. The molecule has 0 radical (unpaired) electrons. The number of para-hydroxylation sites is 1. The van der Waals surface area contributed by atoms with Gasteiger partial charge in [0, 0.05) is 35.8 Å². The van der Waals surface area contributed by atoms with Gasteiger partial charge in [0.05, 0.1) is 6.04 Å². The maximum Gasteiger partial charge on any atom is 0.327 e. The molecule has 2 aromatic rings. The summed E-state index contributed by atoms with van der Waals surface area (Å²) in [6, 6.07) is 3.22. The molecule has 13 nitrogen and oxygen atoms in total. The third-order valence-corrected chi connectivity index (χ3v) is 6.54. The van der Waals surface area contributed by atoms with E-state index in [2.05, 4.69) is 38.6 Å². The Morgan fingerprint density at radius 2 is 1.62 bits per heavy atom. The Morgan fingerprint density at radius 1 is 1.00 bits per heavy atom. The number of amides is 3. The van der Waals surface area contributed by atoms with E-state index >= 15 is 0 Å². The number of carbonyl (C=O) groups excluding carboxylic acids is 3. The summed E-state index contributed by atoms with van der Waals surface area (Å²) in [6.07, 6.45) is 2.86. The van der Waals surface area contributed by atoms with Gasteiger partial charge in [-0.2, -0.15) is 12.6 Å². The van der Waals surface area contributed by atoms with Gasteiger partial charge in [-0.1, -0.05) is 32.0 Å². The highest BCUT2D eigenvalue weighted by Gasteiger charge is 2.31. The van der Waals surface area contributed by atoms with Crippen molar-refractivity contribution >= 4 is 53.2 Å². The van der Waals surface area contributed by atoms with Gasteiger partial charge in [0.15, 0.2) is 5.96 Å². The third-order valence-electron chi connectivity index (χ3n) is 6.17. The van der Waals surface area contributed by atoms with Gasteiger partial charge in [0.1, 0.15) is 18.1 Å². The Morgan fingerprint density at radius 3 is 2.25 bits per heavy atom. The molecule has 1 aromatic heterocycles. The summed E-state index contributed by atoms with van der Waals surface area (Å²) in [5.41, 5.74) is 18.2. The normalized spacial score (nSPS) is 14.1. The van der Waals surface area contributed by atoms with Crippen molar-refractivity contribution < 1.29 is 24.3 Å². The van der Waals surface area contributed by atoms with E-state index < -0.39 is 47.9 Å². The first-order chi connectivity index (χ1) is 18.9. The lowest BCUT2D eigenvalue weighted by Gasteiger charge is -2.26. The Kier molecular flexibility index (Phi) is 12.7. The summed E-state index contributed by atoms with van der Waals surface area (Å²) in [5, 5.41) is 18.1. The topological polar surface area (TPSA) is 231 Å². The van der Waals surface area contributed by atoms with Crippen LogP contribution in [0, 0.1) is 5.92 Å². The zero-order valence-electron chi connectivity index (χ0n) is 22.7. The number of aromatic amines is 1. The minimum Gasteiger partial charge on any atom is -0.480 e. The number of hydrogen-bond acceptors (Lipinski definition) is 7. The van der Waals surface area contributed by atoms with Crippen LogP contribution in [0.2, 0.25) is 0 Å². The Balaban J connectivity index is 2.22. The summed E-state index contributed by atoms with van der Waals surface area (Å²) in [4.78, 5) is 57.9. The van der Waals surface area contributed by atoms with Crippen molar-refractivity contribution in [2.24, 2.45) is 28.1 Å². The zero-order chi connectivity index (χ0) is 29.8. The van der Waals surface area contributed by atoms with Crippen LogP contribution in [0.5, 0.6) is 0 Å². The summed E-state index contributed by atoms with van der Waals surface area (Å²) >= 11 is 4.01. The molecule has 0 spiro atoms. The van der Waals surface area contributed by atoms with Gasteiger partial charge in [-0.15, -0.1) is 0 Å². The number of benzene rings is 1. The van der Waals surface area contributed by atoms with Crippen LogP contribution in [-0.2, 0) is 25.6 Å². The lowest BCUT2D eigenvalue weighted by Crippen LogP contribution is -2.58. The molecule has 0 aliphatic rings. The number of hydrogen-bond donors (Lipinski definition) is 9. The predicted molar refractivity (Wildman–Crippen MR) is 157 cm³/mol. The number of guanidine groups is 1. The quantitative estimate of drug-likeness (QED) is 0.0551. The largest absolute Gasteiger partial charge is 0.480 e. The Bertz CT molecular complexity index is 1200. The fraction of sp³-hybridized carbons (Fsp3) is 0.500. The molecule has 40 heavy (non-hydrogen) atoms. The number of thiol groups is 1. The van der Waals surface area contributed by atoms with Crippen LogP contribution in [0.15, 0.2) is 35.5 Å². The number of carbonyl (C=O) groups is 4. The maximum atomic E-state index is 13.4. The molecule has 0 aliphatic heterocycles. The lowest BCUT2D eigenvalue weighted by atomic mass is 10.00. The van der Waals surface area contributed by atoms with Crippen LogP contribution >= 0.6 is 12.6 Å². The van der Waals surface area contributed by atoms with Gasteiger partial charge in [-0.25, -0.2) is 4.79 Å². The van der Waals surface area contributed by atoms with E-state index in [4.69, 9.17) is 17.2 Å². The number of fused-ring (bicyclic) bond motifs is 1. The fourth-order valence-electron chi connectivity index (χ4n) is 4.09. The zero-order valence-corrected chi connectivity index (χ0v) is 23.6. The Labute approximate surface area is 238 Å². The van der Waals surface area contributed by atoms with Gasteiger partial charge in [0.25, 0.3) is 0 Å². The summed E-state index contributed by atoms with van der Waals surface area (Å²) in [5.74, 6) is -3.22. The molecule has 14 heteroatoms. The van der Waals surface area contributed by atoms with Gasteiger partial charge < -0.3 is 43.2 Å². The molecule has 0 aliphatic carbocycles. The molecular formula is C26H40N8O5S. The number of aliphatic imine (C=N–C) groups is 1. The molecule has 11 N–H and O–H groups in total. The number of carboxylic acids is 1. The molecule has 4 unspecified atom stereocenters. The van der Waals surface area contributed by atoms with Crippen LogP contribution < -0.4 is 33.2 Å². The molecular weight excluding hydrogens is 536 g/mol. The van der Waals surface area contributed by atoms with Crippen LogP contribution in [0.3, 0.4) is 0 Å². The number of rotatable bonds is 16. The van der Waals surface area contributed by atoms with Gasteiger partial charge in [-0.05, 0) is 36.8 Å². The number of nitrogens with zero attached hydrogens (tertiary/aromatic N) is 1. The first-order valence-corrected chi connectivity index (χ1v) is 13.7. The predicted octanol–water partition coefficient (Wildman–Crippen LogP) is -0.394. The van der Waals surface area contributed by atoms with Crippen molar-refractivity contribution in [3.05, 3.63) is 36.0 Å². The number of aliphatic carboxylic acids is 1. The molecule has 1 aromatic carbocycles. The maximum absolute atomic E-state index is 13.4. The first-order valence-electron chi connectivity index (χ1n) is 13.0. The molecule has 0 bridgehead atoms. The molecule has 1 heterocycles. The van der Waals surface area contributed by atoms with Crippen molar-refractivity contribution in [3.63, 3.8) is 0 Å². The van der Waals surface area contributed by atoms with Crippen molar-refractivity contribution in [1.82, 2.24) is 20.9 Å². The molecule has 0 saturated heterocycles. The van der Waals surface area contributed by atoms with Crippen LogP contribution in [0.1, 0.15) is 38.7 Å². The molecule has 4 atom stereocenters. The van der Waals surface area contributed by atoms with Gasteiger partial charge in [0.2, 0.25) is 17.7 Å². The highest BCUT2D eigenvalue weighted by molar-refractivity contribution is 7.80. The van der Waals surface area contributed by atoms with Crippen LogP contribution in [0.4, 0.5) is 0 Å². The van der Waals surface area contributed by atoms with E-state index in [1.54, 1.807) is 6.20 Å². The minimum absolute atomic E-state index is 0.0237. The highest BCUT2D eigenvalue weighted by atomic mass is 32.1. The number of nitrogens with two attached hydrogens (primary N) is 3. The summed E-state index contributed by atoms with van der Waals surface area (Å²) in [6.45, 7) is 4.09. The fourth-order valence-corrected chi connectivity index (χ4v) is 4.34. The monoisotopic (exact) mass is 576 g/mol. The lowest BCUT2D eigenvalue weighted by molar-refractivity contribution is -0.141. The summed E-state index contributed by atoms with van der Waals surface area (Å²) < 4.78 is 0. The molecule has 2 rings (SSSR count). The second-order valence-electron chi connectivity index (χ2n) is 9.95. The smallest absolute Gasteiger partial charge is 0.327 e. The van der Waals surface area contributed by atoms with E-state index in [1.807, 2.05) is 38.1 Å². The summed E-state index contributed by atoms with van der Waals surface area (Å²) in [7, 11) is 0. The average molecular weight is 577 g/mol. The first kappa shape index (κ1) is 32.4. The van der Waals surface area contributed by atoms with Gasteiger partial charge >= 0.3 is 5.97 Å². The van der Waals surface area contributed by atoms with E-state index in [0.29, 0.717) is 19.4 Å². The van der Waals surface area contributed by atoms with Crippen molar-refractivity contribution in [3.8, 4) is 0 Å². The van der Waals surface area contributed by atoms with Crippen molar-refractivity contribution in [2.75, 3.05) is 12.3 Å². The molecule has 0 fully saturated rings. The Hall–Kier alpha value is -3.78. The second kappa shape index (κ2) is 15.7. The standard InChI is InChI=1S/C26H40N8O5S/c1-14(2)10-19(32-22(35)17(27)7-5-9-30-26(28)29)23(36)33-20(24(37)34-21(13-40)25(38)39)11-15-12-31-18-8-4-3-6-16(15)18/h3-4,6,8,12,14,17,19-21,31,40H,5,7,9-11,13,27H2,1-2H3,(H,32,35)(H,33,36)(H,34,37)(H,38,39)(H4,28,29,30). The van der Waals surface area contributed by atoms with E-state index in [-0.39, 0.29) is 30.5 Å². The third kappa shape index (κ3) is 10.1.